The fourth-order valence-corrected chi connectivity index (χ4v) is 0.781. The second-order valence-electron chi connectivity index (χ2n) is 2.23. The van der Waals surface area contributed by atoms with Crippen LogP contribution in [0, 0.1) is 0 Å². The van der Waals surface area contributed by atoms with E-state index in [0.717, 1.165) is 0 Å². The van der Waals surface area contributed by atoms with E-state index in [4.69, 9.17) is 22.4 Å². The number of hydrogen-bond acceptors (Lipinski definition) is 3. The van der Waals surface area contributed by atoms with E-state index < -0.39 is 6.00 Å². The number of methoxy groups -OCH3 is 1. The number of aliphatic hydroxyl groups excluding tert-OH is 1. The van der Waals surface area contributed by atoms with Crippen molar-refractivity contribution in [2.45, 2.75) is 19.0 Å². The van der Waals surface area contributed by atoms with E-state index in [2.05, 4.69) is 0 Å². The Bertz CT molecular complexity index is 127. The predicted octanol–water partition coefficient (Wildman–Crippen LogP) is 0.0810. The van der Waals surface area contributed by atoms with Crippen LogP contribution in [0.15, 0.2) is 12.2 Å². The van der Waals surface area contributed by atoms with Crippen LogP contribution in [0.2, 0.25) is 0 Å². The minimum absolute atomic E-state index is 0.0139. The minimum atomic E-state index is -0.479. The number of ether oxygens (including phenoxy) is 2. The molecule has 0 aromatic carbocycles. The van der Waals surface area contributed by atoms with Crippen molar-refractivity contribution in [1.29, 1.82) is 0 Å². The van der Waals surface area contributed by atoms with Gasteiger partial charge >= 0.3 is 0 Å². The SMILES string of the molecule is [B]C(OC)[C@H](/C=C/CO)OCC. The molecule has 0 aromatic rings. The first-order valence-corrected chi connectivity index (χ1v) is 3.93. The Balaban J connectivity index is 3.93. The molecule has 1 unspecified atom stereocenters. The van der Waals surface area contributed by atoms with Crippen LogP contribution in [-0.4, -0.2) is 45.4 Å². The van der Waals surface area contributed by atoms with Crippen LogP contribution in [0.1, 0.15) is 6.92 Å². The van der Waals surface area contributed by atoms with Gasteiger partial charge in [-0.25, -0.2) is 0 Å². The molecular weight excluding hydrogens is 155 g/mol. The normalized spacial score (nSPS) is 16.6. The Morgan fingerprint density at radius 2 is 2.25 bits per heavy atom. The summed E-state index contributed by atoms with van der Waals surface area (Å²) in [6, 6.07) is -0.479. The van der Waals surface area contributed by atoms with E-state index in [0.29, 0.717) is 6.61 Å². The lowest BCUT2D eigenvalue weighted by Crippen LogP contribution is -2.29. The van der Waals surface area contributed by atoms with Crippen molar-refractivity contribution in [3.05, 3.63) is 12.2 Å². The van der Waals surface area contributed by atoms with Crippen molar-refractivity contribution in [2.24, 2.45) is 0 Å². The van der Waals surface area contributed by atoms with Crippen LogP contribution in [0.25, 0.3) is 0 Å². The maximum absolute atomic E-state index is 8.51. The van der Waals surface area contributed by atoms with E-state index in [-0.39, 0.29) is 12.7 Å². The van der Waals surface area contributed by atoms with Crippen LogP contribution < -0.4 is 0 Å². The zero-order valence-electron chi connectivity index (χ0n) is 7.56. The van der Waals surface area contributed by atoms with Crippen molar-refractivity contribution >= 4 is 7.85 Å². The maximum atomic E-state index is 8.51. The van der Waals surface area contributed by atoms with Gasteiger partial charge in [0.2, 0.25) is 0 Å². The Morgan fingerprint density at radius 3 is 2.67 bits per heavy atom. The zero-order chi connectivity index (χ0) is 9.40. The molecule has 0 saturated carbocycles. The predicted molar refractivity (Wildman–Crippen MR) is 48.2 cm³/mol. The van der Waals surface area contributed by atoms with Gasteiger partial charge in [0.1, 0.15) is 7.85 Å². The molecular formula is C8H15BO3. The second kappa shape index (κ2) is 7.34. The quantitative estimate of drug-likeness (QED) is 0.453. The third kappa shape index (κ3) is 4.54. The van der Waals surface area contributed by atoms with Crippen molar-refractivity contribution < 1.29 is 14.6 Å². The Kier molecular flexibility index (Phi) is 7.15. The smallest absolute Gasteiger partial charge is 0.113 e. The molecule has 3 nitrogen and oxygen atoms in total. The third-order valence-electron chi connectivity index (χ3n) is 1.39. The summed E-state index contributed by atoms with van der Waals surface area (Å²) in [6.07, 6.45) is 2.99. The van der Waals surface area contributed by atoms with Crippen molar-refractivity contribution in [3.8, 4) is 0 Å². The molecule has 0 spiro atoms. The minimum Gasteiger partial charge on any atom is -0.392 e. The van der Waals surface area contributed by atoms with Gasteiger partial charge in [0.05, 0.1) is 12.7 Å². The fourth-order valence-electron chi connectivity index (χ4n) is 0.781. The summed E-state index contributed by atoms with van der Waals surface area (Å²) in [7, 11) is 7.08. The summed E-state index contributed by atoms with van der Waals surface area (Å²) in [5.74, 6) is 0. The van der Waals surface area contributed by atoms with Gasteiger partial charge < -0.3 is 14.6 Å². The molecule has 0 heterocycles. The summed E-state index contributed by atoms with van der Waals surface area (Å²) in [5, 5.41) is 8.51. The standard InChI is InChI=1S/C8H15BO3/c1-3-12-7(5-4-6-10)8(9)11-2/h4-5,7-8,10H,3,6H2,1-2H3/b5-4+/t7-,8?/m0/s1. The molecule has 0 aromatic heterocycles. The third-order valence-corrected chi connectivity index (χ3v) is 1.39. The average molecular weight is 170 g/mol. The number of hydrogen-bond donors (Lipinski definition) is 1. The van der Waals surface area contributed by atoms with Crippen LogP contribution in [0.3, 0.4) is 0 Å². The molecule has 0 aliphatic heterocycles. The average Bonchev–Trinajstić information content (AvgIpc) is 2.11. The molecule has 0 fully saturated rings. The summed E-state index contributed by atoms with van der Waals surface area (Å²) in [6.45, 7) is 2.43. The number of rotatable bonds is 6. The Labute approximate surface area is 74.8 Å². The monoisotopic (exact) mass is 170 g/mol. The largest absolute Gasteiger partial charge is 0.392 e. The Morgan fingerprint density at radius 1 is 1.58 bits per heavy atom. The van der Waals surface area contributed by atoms with Crippen LogP contribution in [0.5, 0.6) is 0 Å². The van der Waals surface area contributed by atoms with E-state index in [1.165, 1.54) is 7.11 Å². The summed E-state index contributed by atoms with van der Waals surface area (Å²) >= 11 is 0. The van der Waals surface area contributed by atoms with Gasteiger partial charge in [-0.1, -0.05) is 12.2 Å². The molecule has 0 rings (SSSR count). The van der Waals surface area contributed by atoms with Crippen molar-refractivity contribution in [2.75, 3.05) is 20.3 Å². The zero-order valence-corrected chi connectivity index (χ0v) is 7.56. The van der Waals surface area contributed by atoms with E-state index >= 15 is 0 Å². The summed E-state index contributed by atoms with van der Waals surface area (Å²) in [5.41, 5.74) is 0. The molecule has 0 aliphatic rings. The molecule has 2 atom stereocenters. The van der Waals surface area contributed by atoms with Crippen LogP contribution >= 0.6 is 0 Å². The molecule has 12 heavy (non-hydrogen) atoms. The lowest BCUT2D eigenvalue weighted by molar-refractivity contribution is 0.0107. The fraction of sp³-hybridized carbons (Fsp3) is 0.750. The van der Waals surface area contributed by atoms with Crippen molar-refractivity contribution in [3.63, 3.8) is 0 Å². The van der Waals surface area contributed by atoms with Gasteiger partial charge in [0.15, 0.2) is 0 Å². The van der Waals surface area contributed by atoms with Crippen LogP contribution in [-0.2, 0) is 9.47 Å². The van der Waals surface area contributed by atoms with Crippen molar-refractivity contribution in [1.82, 2.24) is 0 Å². The van der Waals surface area contributed by atoms with Crippen LogP contribution in [0.4, 0.5) is 0 Å². The first kappa shape index (κ1) is 11.7. The molecule has 0 saturated heterocycles. The molecule has 0 bridgehead atoms. The molecule has 4 heteroatoms. The topological polar surface area (TPSA) is 38.7 Å². The molecule has 0 amide bonds. The highest BCUT2D eigenvalue weighted by Gasteiger charge is 2.11. The molecule has 0 aliphatic carbocycles. The van der Waals surface area contributed by atoms with Gasteiger partial charge in [-0.05, 0) is 6.92 Å². The summed E-state index contributed by atoms with van der Waals surface area (Å²) in [4.78, 5) is 0. The maximum Gasteiger partial charge on any atom is 0.113 e. The molecule has 68 valence electrons. The first-order chi connectivity index (χ1) is 5.76. The lowest BCUT2D eigenvalue weighted by atomic mass is 9.94. The van der Waals surface area contributed by atoms with Gasteiger partial charge in [0.25, 0.3) is 0 Å². The summed E-state index contributed by atoms with van der Waals surface area (Å²) < 4.78 is 10.1. The highest BCUT2D eigenvalue weighted by atomic mass is 16.5. The molecule has 1 N–H and O–H groups in total. The van der Waals surface area contributed by atoms with E-state index in [9.17, 15) is 0 Å². The Hall–Kier alpha value is -0.315. The highest BCUT2D eigenvalue weighted by Crippen LogP contribution is 2.01. The van der Waals surface area contributed by atoms with Gasteiger partial charge in [-0.2, -0.15) is 0 Å². The highest BCUT2D eigenvalue weighted by molar-refractivity contribution is 6.11. The number of aliphatic hydroxyl groups is 1. The first-order valence-electron chi connectivity index (χ1n) is 3.93. The van der Waals surface area contributed by atoms with Gasteiger partial charge in [0, 0.05) is 19.7 Å². The van der Waals surface area contributed by atoms with Gasteiger partial charge in [-0.15, -0.1) is 0 Å². The second-order valence-corrected chi connectivity index (χ2v) is 2.23. The lowest BCUT2D eigenvalue weighted by Gasteiger charge is -2.19. The van der Waals surface area contributed by atoms with E-state index in [1.54, 1.807) is 12.2 Å². The van der Waals surface area contributed by atoms with Gasteiger partial charge in [-0.3, -0.25) is 0 Å². The molecule has 2 radical (unpaired) electrons. The van der Waals surface area contributed by atoms with E-state index in [1.807, 2.05) is 6.92 Å².